The predicted octanol–water partition coefficient (Wildman–Crippen LogP) is 3.87. The molecule has 3 rings (SSSR count). The van der Waals surface area contributed by atoms with Gasteiger partial charge in [0.2, 0.25) is 0 Å². The van der Waals surface area contributed by atoms with Crippen molar-refractivity contribution in [2.75, 3.05) is 13.1 Å². The van der Waals surface area contributed by atoms with E-state index in [9.17, 15) is 0 Å². The van der Waals surface area contributed by atoms with Crippen LogP contribution in [0.25, 0.3) is 0 Å². The number of aromatic nitrogens is 1. The zero-order chi connectivity index (χ0) is 16.9. The van der Waals surface area contributed by atoms with Gasteiger partial charge in [0.15, 0.2) is 5.96 Å². The average molecular weight is 407 g/mol. The van der Waals surface area contributed by atoms with Gasteiger partial charge < -0.3 is 10.6 Å². The molecule has 1 aliphatic carbocycles. The van der Waals surface area contributed by atoms with Crippen LogP contribution in [-0.2, 0) is 6.42 Å². The maximum atomic E-state index is 4.69. The van der Waals surface area contributed by atoms with E-state index in [2.05, 4.69) is 68.1 Å². The predicted molar refractivity (Wildman–Crippen MR) is 105 cm³/mol. The van der Waals surface area contributed by atoms with Crippen molar-refractivity contribution in [3.8, 4) is 0 Å². The largest absolute Gasteiger partial charge is 0.357 e. The average Bonchev–Trinajstić information content (AvgIpc) is 3.20. The molecular formula is C18H23BrN4S. The SMILES string of the molecule is CCNC(=NCCc1csc(C)n1)NC1CC1c1ccc(Br)cc1. The summed E-state index contributed by atoms with van der Waals surface area (Å²) in [5, 5.41) is 10.1. The Morgan fingerprint density at radius 1 is 1.38 bits per heavy atom. The Morgan fingerprint density at radius 2 is 2.17 bits per heavy atom. The van der Waals surface area contributed by atoms with Crippen LogP contribution in [0.15, 0.2) is 39.1 Å². The van der Waals surface area contributed by atoms with Gasteiger partial charge in [0, 0.05) is 41.3 Å². The number of thiazole rings is 1. The van der Waals surface area contributed by atoms with E-state index in [1.807, 2.05) is 6.92 Å². The van der Waals surface area contributed by atoms with Crippen LogP contribution >= 0.6 is 27.3 Å². The fraction of sp³-hybridized carbons (Fsp3) is 0.444. The van der Waals surface area contributed by atoms with E-state index >= 15 is 0 Å². The number of rotatable bonds is 6. The van der Waals surface area contributed by atoms with Gasteiger partial charge in [-0.25, -0.2) is 4.98 Å². The molecule has 1 aromatic carbocycles. The summed E-state index contributed by atoms with van der Waals surface area (Å²) < 4.78 is 1.13. The number of aliphatic imine (C=N–C) groups is 1. The van der Waals surface area contributed by atoms with Crippen LogP contribution in [0.4, 0.5) is 0 Å². The smallest absolute Gasteiger partial charge is 0.191 e. The third-order valence-corrected chi connectivity index (χ3v) is 5.41. The van der Waals surface area contributed by atoms with Crippen molar-refractivity contribution < 1.29 is 0 Å². The molecule has 0 spiro atoms. The quantitative estimate of drug-likeness (QED) is 0.565. The second-order valence-corrected chi connectivity index (χ2v) is 7.99. The van der Waals surface area contributed by atoms with Gasteiger partial charge in [-0.05, 0) is 38.0 Å². The first-order valence-corrected chi connectivity index (χ1v) is 10.0. The minimum absolute atomic E-state index is 0.477. The lowest BCUT2D eigenvalue weighted by Crippen LogP contribution is -2.39. The summed E-state index contributed by atoms with van der Waals surface area (Å²) in [6.45, 7) is 5.77. The molecule has 2 aromatic rings. The molecule has 1 heterocycles. The Labute approximate surface area is 155 Å². The van der Waals surface area contributed by atoms with Crippen LogP contribution in [-0.4, -0.2) is 30.1 Å². The van der Waals surface area contributed by atoms with Crippen molar-refractivity contribution in [1.82, 2.24) is 15.6 Å². The molecule has 4 nitrogen and oxygen atoms in total. The van der Waals surface area contributed by atoms with Crippen molar-refractivity contribution in [3.63, 3.8) is 0 Å². The molecule has 0 saturated heterocycles. The summed E-state index contributed by atoms with van der Waals surface area (Å²) in [6.07, 6.45) is 2.05. The van der Waals surface area contributed by atoms with E-state index in [1.54, 1.807) is 11.3 Å². The monoisotopic (exact) mass is 406 g/mol. The highest BCUT2D eigenvalue weighted by molar-refractivity contribution is 9.10. The maximum Gasteiger partial charge on any atom is 0.191 e. The second kappa shape index (κ2) is 8.12. The third kappa shape index (κ3) is 4.80. The van der Waals surface area contributed by atoms with Crippen molar-refractivity contribution in [2.45, 2.75) is 38.6 Å². The Hall–Kier alpha value is -1.40. The zero-order valence-corrected chi connectivity index (χ0v) is 16.5. The van der Waals surface area contributed by atoms with Crippen molar-refractivity contribution >= 4 is 33.2 Å². The highest BCUT2D eigenvalue weighted by atomic mass is 79.9. The topological polar surface area (TPSA) is 49.3 Å². The van der Waals surface area contributed by atoms with Crippen molar-refractivity contribution in [2.24, 2.45) is 4.99 Å². The molecule has 6 heteroatoms. The molecule has 2 unspecified atom stereocenters. The lowest BCUT2D eigenvalue weighted by atomic mass is 10.1. The van der Waals surface area contributed by atoms with Gasteiger partial charge >= 0.3 is 0 Å². The maximum absolute atomic E-state index is 4.69. The first-order chi connectivity index (χ1) is 11.7. The number of guanidine groups is 1. The Morgan fingerprint density at radius 3 is 2.83 bits per heavy atom. The number of hydrogen-bond donors (Lipinski definition) is 2. The number of halogens is 1. The lowest BCUT2D eigenvalue weighted by molar-refractivity contribution is 0.790. The molecular weight excluding hydrogens is 384 g/mol. The number of aryl methyl sites for hydroxylation is 1. The van der Waals surface area contributed by atoms with Crippen LogP contribution in [0, 0.1) is 6.92 Å². The van der Waals surface area contributed by atoms with E-state index in [0.29, 0.717) is 12.0 Å². The molecule has 0 aliphatic heterocycles. The normalized spacial score (nSPS) is 20.0. The van der Waals surface area contributed by atoms with Gasteiger partial charge in [0.1, 0.15) is 0 Å². The minimum Gasteiger partial charge on any atom is -0.357 e. The molecule has 1 saturated carbocycles. The molecule has 2 atom stereocenters. The summed E-state index contributed by atoms with van der Waals surface area (Å²) in [4.78, 5) is 9.18. The van der Waals surface area contributed by atoms with Crippen molar-refractivity contribution in [1.29, 1.82) is 0 Å². The van der Waals surface area contributed by atoms with Crippen LogP contribution in [0.2, 0.25) is 0 Å². The summed E-state index contributed by atoms with van der Waals surface area (Å²) >= 11 is 5.19. The van der Waals surface area contributed by atoms with E-state index in [0.717, 1.165) is 47.1 Å². The molecule has 2 N–H and O–H groups in total. The summed E-state index contributed by atoms with van der Waals surface area (Å²) in [5.74, 6) is 1.50. The van der Waals surface area contributed by atoms with E-state index < -0.39 is 0 Å². The fourth-order valence-corrected chi connectivity index (χ4v) is 3.65. The fourth-order valence-electron chi connectivity index (χ4n) is 2.73. The molecule has 128 valence electrons. The van der Waals surface area contributed by atoms with Crippen LogP contribution in [0.3, 0.4) is 0 Å². The standard InChI is InChI=1S/C18H23BrN4S/c1-3-20-18(21-9-8-15-11-24-12(2)22-15)23-17-10-16(17)13-4-6-14(19)7-5-13/h4-7,11,16-17H,3,8-10H2,1-2H3,(H2,20,21,23). The van der Waals surface area contributed by atoms with Crippen LogP contribution in [0.5, 0.6) is 0 Å². The molecule has 24 heavy (non-hydrogen) atoms. The Balaban J connectivity index is 1.52. The third-order valence-electron chi connectivity index (χ3n) is 4.06. The molecule has 1 fully saturated rings. The van der Waals surface area contributed by atoms with Gasteiger partial charge in [-0.3, -0.25) is 4.99 Å². The molecule has 0 radical (unpaired) electrons. The number of nitrogens with zero attached hydrogens (tertiary/aromatic N) is 2. The summed E-state index contributed by atoms with van der Waals surface area (Å²) in [5.41, 5.74) is 2.53. The Bertz CT molecular complexity index is 695. The number of hydrogen-bond acceptors (Lipinski definition) is 3. The first-order valence-electron chi connectivity index (χ1n) is 8.37. The van der Waals surface area contributed by atoms with E-state index in [1.165, 1.54) is 5.56 Å². The summed E-state index contributed by atoms with van der Waals surface area (Å²) in [6, 6.07) is 9.10. The van der Waals surface area contributed by atoms with Gasteiger partial charge in [-0.1, -0.05) is 28.1 Å². The molecule has 0 bridgehead atoms. The van der Waals surface area contributed by atoms with Gasteiger partial charge in [-0.15, -0.1) is 11.3 Å². The number of benzene rings is 1. The zero-order valence-electron chi connectivity index (χ0n) is 14.1. The van der Waals surface area contributed by atoms with Crippen LogP contribution < -0.4 is 10.6 Å². The lowest BCUT2D eigenvalue weighted by Gasteiger charge is -2.11. The first kappa shape index (κ1) is 17.4. The highest BCUT2D eigenvalue weighted by Gasteiger charge is 2.38. The number of nitrogens with one attached hydrogen (secondary N) is 2. The van der Waals surface area contributed by atoms with Crippen molar-refractivity contribution in [3.05, 3.63) is 50.4 Å². The highest BCUT2D eigenvalue weighted by Crippen LogP contribution is 2.40. The summed E-state index contributed by atoms with van der Waals surface area (Å²) in [7, 11) is 0. The minimum atomic E-state index is 0.477. The van der Waals surface area contributed by atoms with Gasteiger partial charge in [-0.2, -0.15) is 0 Å². The second-order valence-electron chi connectivity index (χ2n) is 6.01. The van der Waals surface area contributed by atoms with Gasteiger partial charge in [0.25, 0.3) is 0 Å². The van der Waals surface area contributed by atoms with Crippen LogP contribution in [0.1, 0.15) is 35.5 Å². The Kier molecular flexibility index (Phi) is 5.89. The molecule has 1 aliphatic rings. The van der Waals surface area contributed by atoms with E-state index in [-0.39, 0.29) is 0 Å². The van der Waals surface area contributed by atoms with E-state index in [4.69, 9.17) is 4.99 Å². The van der Waals surface area contributed by atoms with Gasteiger partial charge in [0.05, 0.1) is 10.7 Å². The molecule has 1 aromatic heterocycles. The molecule has 0 amide bonds.